The van der Waals surface area contributed by atoms with E-state index in [0.29, 0.717) is 12.2 Å². The zero-order valence-electron chi connectivity index (χ0n) is 9.08. The van der Waals surface area contributed by atoms with Crippen LogP contribution in [0.3, 0.4) is 0 Å². The topological polar surface area (TPSA) is 79.7 Å². The maximum atomic E-state index is 11.8. The predicted molar refractivity (Wildman–Crippen MR) is 55.4 cm³/mol. The summed E-state index contributed by atoms with van der Waals surface area (Å²) in [5, 5.41) is 13.8. The minimum absolute atomic E-state index is 0.169. The number of nitrogens with zero attached hydrogens (tertiary/aromatic N) is 5. The van der Waals surface area contributed by atoms with Crippen LogP contribution in [0.25, 0.3) is 0 Å². The van der Waals surface area contributed by atoms with Gasteiger partial charge < -0.3 is 4.90 Å². The van der Waals surface area contributed by atoms with Crippen molar-refractivity contribution in [3.05, 3.63) is 29.8 Å². The van der Waals surface area contributed by atoms with Crippen molar-refractivity contribution in [1.82, 2.24) is 30.1 Å². The number of carbonyl (C=O) groups is 1. The van der Waals surface area contributed by atoms with E-state index >= 15 is 0 Å². The molecule has 0 aliphatic carbocycles. The summed E-state index contributed by atoms with van der Waals surface area (Å²) in [4.78, 5) is 13.4. The van der Waals surface area contributed by atoms with Crippen molar-refractivity contribution in [2.45, 2.75) is 6.54 Å². The Morgan fingerprint density at radius 1 is 1.56 bits per heavy atom. The lowest BCUT2D eigenvalue weighted by Gasteiger charge is -2.13. The largest absolute Gasteiger partial charge is 0.336 e. The van der Waals surface area contributed by atoms with Gasteiger partial charge in [0.15, 0.2) is 5.69 Å². The summed E-state index contributed by atoms with van der Waals surface area (Å²) >= 11 is 0. The quantitative estimate of drug-likeness (QED) is 0.777. The van der Waals surface area contributed by atoms with Gasteiger partial charge >= 0.3 is 0 Å². The van der Waals surface area contributed by atoms with Gasteiger partial charge in [-0.25, -0.2) is 0 Å². The van der Waals surface area contributed by atoms with E-state index in [1.54, 1.807) is 22.8 Å². The molecule has 0 bridgehead atoms. The Bertz CT molecular complexity index is 474. The van der Waals surface area contributed by atoms with Crippen LogP contribution in [0.15, 0.2) is 18.6 Å². The first kappa shape index (κ1) is 10.3. The second-order valence-corrected chi connectivity index (χ2v) is 3.54. The number of aromatic nitrogens is 5. The number of rotatable bonds is 3. The number of hydrogen-bond acceptors (Lipinski definition) is 4. The molecule has 1 N–H and O–H groups in total. The third-order valence-corrected chi connectivity index (χ3v) is 2.16. The van der Waals surface area contributed by atoms with E-state index in [-0.39, 0.29) is 5.91 Å². The molecule has 2 aromatic heterocycles. The highest BCUT2D eigenvalue weighted by atomic mass is 16.2. The molecule has 0 atom stereocenters. The normalized spacial score (nSPS) is 10.4. The molecule has 0 unspecified atom stereocenters. The van der Waals surface area contributed by atoms with Crippen LogP contribution in [-0.2, 0) is 13.6 Å². The predicted octanol–water partition coefficient (Wildman–Crippen LogP) is -0.190. The summed E-state index contributed by atoms with van der Waals surface area (Å²) in [6.45, 7) is 0.500. The minimum Gasteiger partial charge on any atom is -0.336 e. The summed E-state index contributed by atoms with van der Waals surface area (Å²) in [7, 11) is 3.55. The molecule has 7 heteroatoms. The first-order valence-electron chi connectivity index (χ1n) is 4.75. The molecule has 2 aromatic rings. The molecule has 2 heterocycles. The third kappa shape index (κ3) is 2.08. The van der Waals surface area contributed by atoms with Crippen LogP contribution < -0.4 is 0 Å². The Morgan fingerprint density at radius 3 is 2.94 bits per heavy atom. The van der Waals surface area contributed by atoms with E-state index in [0.717, 1.165) is 5.56 Å². The van der Waals surface area contributed by atoms with Crippen LogP contribution in [0, 0.1) is 0 Å². The van der Waals surface area contributed by atoms with E-state index in [9.17, 15) is 4.79 Å². The van der Waals surface area contributed by atoms with Gasteiger partial charge in [-0.2, -0.15) is 20.5 Å². The number of amides is 1. The van der Waals surface area contributed by atoms with Gasteiger partial charge in [0.1, 0.15) is 0 Å². The number of hydrogen-bond donors (Lipinski definition) is 1. The minimum atomic E-state index is -0.169. The number of H-pyrrole nitrogens is 1. The average molecular weight is 220 g/mol. The van der Waals surface area contributed by atoms with Crippen LogP contribution in [0.4, 0.5) is 0 Å². The van der Waals surface area contributed by atoms with Crippen LogP contribution in [0.5, 0.6) is 0 Å². The SMILES string of the molecule is CN(Cc1cnn(C)c1)C(=O)c1cn[nH]n1. The van der Waals surface area contributed by atoms with Crippen molar-refractivity contribution in [2.24, 2.45) is 7.05 Å². The fourth-order valence-electron chi connectivity index (χ4n) is 1.40. The maximum absolute atomic E-state index is 11.8. The number of carbonyl (C=O) groups excluding carboxylic acids is 1. The van der Waals surface area contributed by atoms with Gasteiger partial charge in [0.25, 0.3) is 5.91 Å². The molecule has 0 aromatic carbocycles. The summed E-state index contributed by atoms with van der Waals surface area (Å²) in [6.07, 6.45) is 5.00. The van der Waals surface area contributed by atoms with Gasteiger partial charge in [-0.15, -0.1) is 0 Å². The lowest BCUT2D eigenvalue weighted by Crippen LogP contribution is -2.26. The van der Waals surface area contributed by atoms with Gasteiger partial charge in [0.05, 0.1) is 12.4 Å². The lowest BCUT2D eigenvalue weighted by atomic mass is 10.3. The van der Waals surface area contributed by atoms with Crippen LogP contribution in [-0.4, -0.2) is 43.0 Å². The average Bonchev–Trinajstić information content (AvgIpc) is 2.88. The molecule has 7 nitrogen and oxygen atoms in total. The molecular formula is C9H12N6O. The maximum Gasteiger partial charge on any atom is 0.276 e. The molecule has 84 valence electrons. The van der Waals surface area contributed by atoms with Crippen molar-refractivity contribution in [1.29, 1.82) is 0 Å². The summed E-state index contributed by atoms with van der Waals surface area (Å²) in [6, 6.07) is 0. The molecule has 0 spiro atoms. The molecule has 0 aliphatic rings. The molecular weight excluding hydrogens is 208 g/mol. The smallest absolute Gasteiger partial charge is 0.276 e. The van der Waals surface area contributed by atoms with Crippen molar-refractivity contribution in [3.63, 3.8) is 0 Å². The van der Waals surface area contributed by atoms with E-state index in [4.69, 9.17) is 0 Å². The highest BCUT2D eigenvalue weighted by Crippen LogP contribution is 2.04. The Balaban J connectivity index is 2.03. The molecule has 16 heavy (non-hydrogen) atoms. The molecule has 0 fully saturated rings. The van der Waals surface area contributed by atoms with E-state index in [1.807, 2.05) is 13.2 Å². The van der Waals surface area contributed by atoms with E-state index < -0.39 is 0 Å². The fraction of sp³-hybridized carbons (Fsp3) is 0.333. The van der Waals surface area contributed by atoms with Gasteiger partial charge in [-0.05, 0) is 0 Å². The van der Waals surface area contributed by atoms with Crippen molar-refractivity contribution >= 4 is 5.91 Å². The fourth-order valence-corrected chi connectivity index (χ4v) is 1.40. The van der Waals surface area contributed by atoms with Crippen LogP contribution >= 0.6 is 0 Å². The number of nitrogens with one attached hydrogen (secondary N) is 1. The standard InChI is InChI=1S/C9H12N6O/c1-14(5-7-3-11-15(2)6-7)9(16)8-4-10-13-12-8/h3-4,6H,5H2,1-2H3,(H,10,12,13). The number of aromatic amines is 1. The van der Waals surface area contributed by atoms with E-state index in [2.05, 4.69) is 20.5 Å². The van der Waals surface area contributed by atoms with Gasteiger partial charge in [-0.1, -0.05) is 0 Å². The summed E-state index contributed by atoms with van der Waals surface area (Å²) in [5.74, 6) is -0.169. The molecule has 0 radical (unpaired) electrons. The van der Waals surface area contributed by atoms with Crippen LogP contribution in [0.2, 0.25) is 0 Å². The van der Waals surface area contributed by atoms with Crippen molar-refractivity contribution in [3.8, 4) is 0 Å². The Hall–Kier alpha value is -2.18. The highest BCUT2D eigenvalue weighted by molar-refractivity contribution is 5.91. The van der Waals surface area contributed by atoms with Crippen molar-refractivity contribution in [2.75, 3.05) is 7.05 Å². The lowest BCUT2D eigenvalue weighted by molar-refractivity contribution is 0.0779. The molecule has 0 saturated carbocycles. The number of aryl methyl sites for hydroxylation is 1. The molecule has 1 amide bonds. The zero-order valence-corrected chi connectivity index (χ0v) is 9.08. The first-order chi connectivity index (χ1) is 7.66. The van der Waals surface area contributed by atoms with Gasteiger partial charge in [0.2, 0.25) is 0 Å². The monoisotopic (exact) mass is 220 g/mol. The molecule has 0 aliphatic heterocycles. The summed E-state index contributed by atoms with van der Waals surface area (Å²) < 4.78 is 1.70. The summed E-state index contributed by atoms with van der Waals surface area (Å²) in [5.41, 5.74) is 1.29. The molecule has 0 saturated heterocycles. The van der Waals surface area contributed by atoms with Crippen molar-refractivity contribution < 1.29 is 4.79 Å². The highest BCUT2D eigenvalue weighted by Gasteiger charge is 2.14. The van der Waals surface area contributed by atoms with Gasteiger partial charge in [0, 0.05) is 32.4 Å². The Kier molecular flexibility index (Phi) is 2.67. The van der Waals surface area contributed by atoms with Gasteiger partial charge in [-0.3, -0.25) is 9.48 Å². The second-order valence-electron chi connectivity index (χ2n) is 3.54. The zero-order chi connectivity index (χ0) is 11.5. The Morgan fingerprint density at radius 2 is 2.38 bits per heavy atom. The van der Waals surface area contributed by atoms with E-state index in [1.165, 1.54) is 6.20 Å². The third-order valence-electron chi connectivity index (χ3n) is 2.16. The second kappa shape index (κ2) is 4.13. The Labute approximate surface area is 92.1 Å². The molecule has 2 rings (SSSR count). The first-order valence-corrected chi connectivity index (χ1v) is 4.75. The van der Waals surface area contributed by atoms with Crippen LogP contribution in [0.1, 0.15) is 16.1 Å².